The van der Waals surface area contributed by atoms with Crippen LogP contribution < -0.4 is 5.73 Å². The summed E-state index contributed by atoms with van der Waals surface area (Å²) in [6, 6.07) is 2.15. The van der Waals surface area contributed by atoms with E-state index in [1.165, 1.54) is 24.2 Å². The molecule has 3 rings (SSSR count). The lowest BCUT2D eigenvalue weighted by Crippen LogP contribution is -2.39. The normalized spacial score (nSPS) is 19.7. The second-order valence-electron chi connectivity index (χ2n) is 5.50. The summed E-state index contributed by atoms with van der Waals surface area (Å²) < 4.78 is 0. The highest BCUT2D eigenvalue weighted by atomic mass is 32.1. The fourth-order valence-corrected chi connectivity index (χ4v) is 4.03. The average molecular weight is 304 g/mol. The van der Waals surface area contributed by atoms with Gasteiger partial charge < -0.3 is 10.6 Å². The van der Waals surface area contributed by atoms with Crippen molar-refractivity contribution in [3.8, 4) is 0 Å². The number of anilines is 1. The van der Waals surface area contributed by atoms with Crippen molar-refractivity contribution in [2.24, 2.45) is 0 Å². The number of nitrogens with two attached hydrogens (primary N) is 1. The zero-order valence-corrected chi connectivity index (χ0v) is 13.0. The van der Waals surface area contributed by atoms with E-state index in [0.717, 1.165) is 36.0 Å². The first-order valence-electron chi connectivity index (χ1n) is 7.53. The first kappa shape index (κ1) is 14.3. The molecule has 0 spiro atoms. The minimum absolute atomic E-state index is 0.0595. The molecule has 0 radical (unpaired) electrons. The van der Waals surface area contributed by atoms with Gasteiger partial charge in [0.15, 0.2) is 0 Å². The van der Waals surface area contributed by atoms with Crippen molar-refractivity contribution in [2.45, 2.75) is 45.1 Å². The largest absolute Gasteiger partial charge is 0.397 e. The summed E-state index contributed by atoms with van der Waals surface area (Å²) in [7, 11) is 0. The van der Waals surface area contributed by atoms with Crippen molar-refractivity contribution < 1.29 is 4.79 Å². The lowest BCUT2D eigenvalue weighted by molar-refractivity contribution is 0.0684. The van der Waals surface area contributed by atoms with Crippen molar-refractivity contribution in [3.63, 3.8) is 0 Å². The maximum atomic E-state index is 12.9. The average Bonchev–Trinajstić information content (AvgIpc) is 2.71. The molecule has 112 valence electrons. The van der Waals surface area contributed by atoms with Gasteiger partial charge in [-0.3, -0.25) is 4.79 Å². The quantitative estimate of drug-likeness (QED) is 0.925. The molecule has 3 heterocycles. The molecule has 6 heteroatoms. The van der Waals surface area contributed by atoms with Gasteiger partial charge in [-0.15, -0.1) is 16.4 Å². The zero-order valence-electron chi connectivity index (χ0n) is 12.2. The van der Waals surface area contributed by atoms with Gasteiger partial charge in [-0.2, -0.15) is 5.10 Å². The topological polar surface area (TPSA) is 72.1 Å². The second kappa shape index (κ2) is 5.97. The third kappa shape index (κ3) is 2.60. The molecule has 1 aliphatic rings. The number of fused-ring (bicyclic) bond motifs is 1. The Labute approximate surface area is 128 Å². The Morgan fingerprint density at radius 1 is 1.48 bits per heavy atom. The first-order chi connectivity index (χ1) is 10.2. The number of rotatable bonds is 2. The van der Waals surface area contributed by atoms with E-state index in [2.05, 4.69) is 17.1 Å². The summed E-state index contributed by atoms with van der Waals surface area (Å²) in [6.07, 6.45) is 7.18. The van der Waals surface area contributed by atoms with Crippen LogP contribution in [0.15, 0.2) is 12.3 Å². The predicted molar refractivity (Wildman–Crippen MR) is 85.4 cm³/mol. The van der Waals surface area contributed by atoms with Crippen LogP contribution in [0.5, 0.6) is 0 Å². The second-order valence-corrected chi connectivity index (χ2v) is 6.50. The summed E-state index contributed by atoms with van der Waals surface area (Å²) in [5.41, 5.74) is 6.72. The number of carbonyl (C=O) groups is 1. The van der Waals surface area contributed by atoms with E-state index in [-0.39, 0.29) is 5.91 Å². The summed E-state index contributed by atoms with van der Waals surface area (Å²) >= 11 is 1.36. The highest BCUT2D eigenvalue weighted by Crippen LogP contribution is 2.33. The van der Waals surface area contributed by atoms with Crippen molar-refractivity contribution >= 4 is 33.1 Å². The molecule has 1 atom stereocenters. The number of nitrogen functional groups attached to an aromatic ring is 1. The van der Waals surface area contributed by atoms with Crippen molar-refractivity contribution in [2.75, 3.05) is 12.3 Å². The number of hydrogen-bond acceptors (Lipinski definition) is 5. The lowest BCUT2D eigenvalue weighted by Gasteiger charge is -2.29. The van der Waals surface area contributed by atoms with Gasteiger partial charge in [0.2, 0.25) is 0 Å². The van der Waals surface area contributed by atoms with Crippen LogP contribution in [0.4, 0.5) is 5.69 Å². The van der Waals surface area contributed by atoms with E-state index in [0.29, 0.717) is 16.6 Å². The van der Waals surface area contributed by atoms with Crippen LogP contribution in [0, 0.1) is 0 Å². The van der Waals surface area contributed by atoms with E-state index in [9.17, 15) is 4.79 Å². The minimum Gasteiger partial charge on any atom is -0.397 e. The van der Waals surface area contributed by atoms with E-state index in [4.69, 9.17) is 5.73 Å². The summed E-state index contributed by atoms with van der Waals surface area (Å²) in [6.45, 7) is 2.98. The molecule has 2 aromatic rings. The molecule has 0 aliphatic carbocycles. The van der Waals surface area contributed by atoms with Gasteiger partial charge in [0.05, 0.1) is 11.9 Å². The molecule has 1 unspecified atom stereocenters. The molecule has 5 nitrogen and oxygen atoms in total. The summed E-state index contributed by atoms with van der Waals surface area (Å²) in [5.74, 6) is 0.0595. The van der Waals surface area contributed by atoms with Crippen molar-refractivity contribution in [1.82, 2.24) is 15.1 Å². The van der Waals surface area contributed by atoms with Crippen LogP contribution in [-0.2, 0) is 0 Å². The highest BCUT2D eigenvalue weighted by molar-refractivity contribution is 7.21. The number of hydrogen-bond donors (Lipinski definition) is 1. The predicted octanol–water partition coefficient (Wildman–Crippen LogP) is 3.07. The Kier molecular flexibility index (Phi) is 4.05. The highest BCUT2D eigenvalue weighted by Gasteiger charge is 2.28. The maximum Gasteiger partial charge on any atom is 0.266 e. The molecule has 1 aliphatic heterocycles. The van der Waals surface area contributed by atoms with E-state index in [1.807, 2.05) is 11.0 Å². The Morgan fingerprint density at radius 3 is 3.10 bits per heavy atom. The number of amides is 1. The first-order valence-corrected chi connectivity index (χ1v) is 8.34. The molecular formula is C15H20N4OS. The molecule has 1 fully saturated rings. The third-order valence-electron chi connectivity index (χ3n) is 4.22. The van der Waals surface area contributed by atoms with Crippen molar-refractivity contribution in [1.29, 1.82) is 0 Å². The summed E-state index contributed by atoms with van der Waals surface area (Å²) in [5, 5.41) is 8.77. The van der Waals surface area contributed by atoms with Gasteiger partial charge >= 0.3 is 0 Å². The van der Waals surface area contributed by atoms with Gasteiger partial charge in [0, 0.05) is 18.0 Å². The van der Waals surface area contributed by atoms with E-state index < -0.39 is 0 Å². The standard InChI is InChI=1S/C15H20N4OS/c1-2-10-6-4-3-5-9-19(10)15(20)13-12(16)11-7-8-17-18-14(11)21-13/h7-8,10H,2-6,9,16H2,1H3. The monoisotopic (exact) mass is 304 g/mol. The molecule has 2 aromatic heterocycles. The van der Waals surface area contributed by atoms with Crippen LogP contribution in [-0.4, -0.2) is 33.6 Å². The molecule has 1 amide bonds. The molecule has 1 saturated heterocycles. The van der Waals surface area contributed by atoms with E-state index >= 15 is 0 Å². The summed E-state index contributed by atoms with van der Waals surface area (Å²) in [4.78, 5) is 16.3. The SMILES string of the molecule is CCC1CCCCCN1C(=O)c1sc2nnccc2c1N. The molecule has 0 aromatic carbocycles. The number of likely N-dealkylation sites (tertiary alicyclic amines) is 1. The molecule has 0 bridgehead atoms. The molecule has 21 heavy (non-hydrogen) atoms. The van der Waals surface area contributed by atoms with Gasteiger partial charge in [0.25, 0.3) is 5.91 Å². The number of thiophene rings is 1. The zero-order chi connectivity index (χ0) is 14.8. The van der Waals surface area contributed by atoms with Gasteiger partial charge in [-0.25, -0.2) is 0 Å². The van der Waals surface area contributed by atoms with Gasteiger partial charge in [-0.05, 0) is 25.3 Å². The fourth-order valence-electron chi connectivity index (χ4n) is 3.03. The number of carbonyl (C=O) groups excluding carboxylic acids is 1. The van der Waals surface area contributed by atoms with Gasteiger partial charge in [0.1, 0.15) is 9.71 Å². The Morgan fingerprint density at radius 2 is 2.33 bits per heavy atom. The fraction of sp³-hybridized carbons (Fsp3) is 0.533. The van der Waals surface area contributed by atoms with Crippen LogP contribution in [0.2, 0.25) is 0 Å². The van der Waals surface area contributed by atoms with E-state index in [1.54, 1.807) is 6.20 Å². The Balaban J connectivity index is 1.96. The number of nitrogens with zero attached hydrogens (tertiary/aromatic N) is 3. The van der Waals surface area contributed by atoms with Gasteiger partial charge in [-0.1, -0.05) is 19.8 Å². The molecule has 0 saturated carbocycles. The minimum atomic E-state index is 0.0595. The maximum absolute atomic E-state index is 12.9. The third-order valence-corrected chi connectivity index (χ3v) is 5.32. The molecular weight excluding hydrogens is 284 g/mol. The Hall–Kier alpha value is -1.69. The van der Waals surface area contributed by atoms with Crippen LogP contribution in [0.3, 0.4) is 0 Å². The smallest absolute Gasteiger partial charge is 0.266 e. The Bertz CT molecular complexity index is 654. The van der Waals surface area contributed by atoms with Crippen LogP contribution in [0.25, 0.3) is 10.2 Å². The van der Waals surface area contributed by atoms with Crippen LogP contribution >= 0.6 is 11.3 Å². The lowest BCUT2D eigenvalue weighted by atomic mass is 10.1. The number of aromatic nitrogens is 2. The van der Waals surface area contributed by atoms with Crippen LogP contribution in [0.1, 0.15) is 48.7 Å². The molecule has 2 N–H and O–H groups in total. The van der Waals surface area contributed by atoms with Crippen molar-refractivity contribution in [3.05, 3.63) is 17.1 Å².